The van der Waals surface area contributed by atoms with E-state index in [2.05, 4.69) is 24.1 Å². The molecule has 1 saturated carbocycles. The van der Waals surface area contributed by atoms with Crippen LogP contribution in [0.5, 0.6) is 0 Å². The smallest absolute Gasteiger partial charge is 0.183 e. The van der Waals surface area contributed by atoms with Gasteiger partial charge in [-0.25, -0.2) is 4.98 Å². The van der Waals surface area contributed by atoms with Gasteiger partial charge in [0.05, 0.1) is 5.69 Å². The Hall–Kier alpha value is -0.570. The van der Waals surface area contributed by atoms with E-state index >= 15 is 0 Å². The molecule has 1 aliphatic rings. The summed E-state index contributed by atoms with van der Waals surface area (Å²) in [5, 5.41) is 4.54. The number of aromatic nitrogens is 1. The van der Waals surface area contributed by atoms with Crippen LogP contribution in [0.1, 0.15) is 30.3 Å². The van der Waals surface area contributed by atoms with Crippen LogP contribution >= 0.6 is 11.3 Å². The van der Waals surface area contributed by atoms with Crippen LogP contribution in [0.25, 0.3) is 0 Å². The number of nitrogens with zero attached hydrogens (tertiary/aromatic N) is 1. The molecule has 1 aromatic rings. The summed E-state index contributed by atoms with van der Waals surface area (Å²) in [5.74, 6) is 0. The number of nitrogens with one attached hydrogen (secondary N) is 1. The predicted molar refractivity (Wildman–Crippen MR) is 52.9 cm³/mol. The minimum atomic E-state index is 0.722. The van der Waals surface area contributed by atoms with Crippen molar-refractivity contribution < 1.29 is 0 Å². The van der Waals surface area contributed by atoms with Gasteiger partial charge in [-0.15, -0.1) is 11.3 Å². The zero-order chi connectivity index (χ0) is 8.55. The summed E-state index contributed by atoms with van der Waals surface area (Å²) in [5.41, 5.74) is 1.25. The van der Waals surface area contributed by atoms with Crippen LogP contribution in [0.3, 0.4) is 0 Å². The van der Waals surface area contributed by atoms with Crippen LogP contribution < -0.4 is 5.32 Å². The van der Waals surface area contributed by atoms with Gasteiger partial charge < -0.3 is 5.32 Å². The maximum absolute atomic E-state index is 4.52. The van der Waals surface area contributed by atoms with Gasteiger partial charge in [-0.2, -0.15) is 0 Å². The van der Waals surface area contributed by atoms with E-state index in [4.69, 9.17) is 0 Å². The molecule has 3 heteroatoms. The first kappa shape index (κ1) is 8.05. The normalized spacial score (nSPS) is 16.5. The number of anilines is 1. The summed E-state index contributed by atoms with van der Waals surface area (Å²) in [6.45, 7) is 4.30. The van der Waals surface area contributed by atoms with Crippen molar-refractivity contribution in [2.75, 3.05) is 5.32 Å². The molecule has 1 N–H and O–H groups in total. The Bertz CT molecular complexity index is 276. The second-order valence-electron chi connectivity index (χ2n) is 3.29. The van der Waals surface area contributed by atoms with Crippen LogP contribution in [-0.2, 0) is 6.42 Å². The van der Waals surface area contributed by atoms with Gasteiger partial charge in [0, 0.05) is 10.9 Å². The van der Waals surface area contributed by atoms with Gasteiger partial charge in [0.2, 0.25) is 0 Å². The third kappa shape index (κ3) is 1.61. The highest BCUT2D eigenvalue weighted by Gasteiger charge is 2.22. The fraction of sp³-hybridized carbons (Fsp3) is 0.667. The van der Waals surface area contributed by atoms with E-state index in [0.29, 0.717) is 0 Å². The molecule has 0 spiro atoms. The molecule has 12 heavy (non-hydrogen) atoms. The summed E-state index contributed by atoms with van der Waals surface area (Å²) in [6.07, 6.45) is 3.69. The van der Waals surface area contributed by atoms with E-state index in [9.17, 15) is 0 Å². The van der Waals surface area contributed by atoms with Crippen molar-refractivity contribution in [2.45, 2.75) is 39.2 Å². The predicted octanol–water partition coefficient (Wildman–Crippen LogP) is 2.59. The third-order valence-electron chi connectivity index (χ3n) is 2.13. The van der Waals surface area contributed by atoms with Crippen molar-refractivity contribution in [3.8, 4) is 0 Å². The van der Waals surface area contributed by atoms with Crippen LogP contribution in [0.2, 0.25) is 0 Å². The number of hydrogen-bond acceptors (Lipinski definition) is 3. The number of rotatable bonds is 3. The summed E-state index contributed by atoms with van der Waals surface area (Å²) in [7, 11) is 0. The monoisotopic (exact) mass is 182 g/mol. The molecule has 0 radical (unpaired) electrons. The molecule has 1 aromatic heterocycles. The molecule has 0 aliphatic heterocycles. The number of aryl methyl sites for hydroxylation is 2. The zero-order valence-corrected chi connectivity index (χ0v) is 8.37. The molecular weight excluding hydrogens is 168 g/mol. The molecule has 1 heterocycles. The molecule has 1 fully saturated rings. The first-order chi connectivity index (χ1) is 5.79. The highest BCUT2D eigenvalue weighted by Crippen LogP contribution is 2.28. The lowest BCUT2D eigenvalue weighted by molar-refractivity contribution is 1.03. The molecule has 66 valence electrons. The lowest BCUT2D eigenvalue weighted by Crippen LogP contribution is -1.99. The molecule has 2 rings (SSSR count). The van der Waals surface area contributed by atoms with E-state index in [0.717, 1.165) is 17.6 Å². The Kier molecular flexibility index (Phi) is 2.05. The number of hydrogen-bond donors (Lipinski definition) is 1. The molecule has 1 aliphatic carbocycles. The van der Waals surface area contributed by atoms with Gasteiger partial charge >= 0.3 is 0 Å². The van der Waals surface area contributed by atoms with Crippen molar-refractivity contribution in [2.24, 2.45) is 0 Å². The summed E-state index contributed by atoms with van der Waals surface area (Å²) < 4.78 is 0. The van der Waals surface area contributed by atoms with Crippen LogP contribution in [0.4, 0.5) is 5.13 Å². The lowest BCUT2D eigenvalue weighted by atomic mass is 10.3. The van der Waals surface area contributed by atoms with Crippen LogP contribution in [-0.4, -0.2) is 11.0 Å². The van der Waals surface area contributed by atoms with E-state index in [-0.39, 0.29) is 0 Å². The maximum atomic E-state index is 4.52. The van der Waals surface area contributed by atoms with Crippen molar-refractivity contribution in [3.63, 3.8) is 0 Å². The molecule has 0 aromatic carbocycles. The standard InChI is InChI=1S/C9H14N2S/c1-3-8-6(2)12-9(11-8)10-7-4-5-7/h7H,3-5H2,1-2H3,(H,10,11). The topological polar surface area (TPSA) is 24.9 Å². The second kappa shape index (κ2) is 3.05. The van der Waals surface area contributed by atoms with E-state index in [1.165, 1.54) is 23.4 Å². The second-order valence-corrected chi connectivity index (χ2v) is 4.50. The Morgan fingerprint density at radius 2 is 2.33 bits per heavy atom. The maximum Gasteiger partial charge on any atom is 0.183 e. The summed E-state index contributed by atoms with van der Waals surface area (Å²) in [6, 6.07) is 0.722. The minimum absolute atomic E-state index is 0.722. The quantitative estimate of drug-likeness (QED) is 0.777. The molecule has 0 bridgehead atoms. The highest BCUT2D eigenvalue weighted by molar-refractivity contribution is 7.15. The Morgan fingerprint density at radius 1 is 1.58 bits per heavy atom. The molecule has 0 saturated heterocycles. The number of thiazole rings is 1. The summed E-state index contributed by atoms with van der Waals surface area (Å²) >= 11 is 1.79. The van der Waals surface area contributed by atoms with Gasteiger partial charge in [-0.05, 0) is 26.2 Å². The highest BCUT2D eigenvalue weighted by atomic mass is 32.1. The SMILES string of the molecule is CCc1nc(NC2CC2)sc1C. The average Bonchev–Trinajstić information content (AvgIpc) is 2.76. The first-order valence-corrected chi connectivity index (χ1v) is 5.34. The van der Waals surface area contributed by atoms with E-state index in [1.807, 2.05) is 0 Å². The fourth-order valence-corrected chi connectivity index (χ4v) is 2.20. The van der Waals surface area contributed by atoms with Crippen molar-refractivity contribution in [1.82, 2.24) is 4.98 Å². The molecule has 2 nitrogen and oxygen atoms in total. The third-order valence-corrected chi connectivity index (χ3v) is 3.08. The zero-order valence-electron chi connectivity index (χ0n) is 7.55. The molecular formula is C9H14N2S. The molecule has 0 unspecified atom stereocenters. The van der Waals surface area contributed by atoms with Crippen LogP contribution in [0.15, 0.2) is 0 Å². The van der Waals surface area contributed by atoms with Gasteiger partial charge in [0.25, 0.3) is 0 Å². The van der Waals surface area contributed by atoms with Crippen molar-refractivity contribution >= 4 is 16.5 Å². The summed E-state index contributed by atoms with van der Waals surface area (Å²) in [4.78, 5) is 5.88. The Balaban J connectivity index is 2.10. The first-order valence-electron chi connectivity index (χ1n) is 4.52. The van der Waals surface area contributed by atoms with E-state index in [1.54, 1.807) is 11.3 Å². The fourth-order valence-electron chi connectivity index (χ4n) is 1.22. The average molecular weight is 182 g/mol. The van der Waals surface area contributed by atoms with Crippen molar-refractivity contribution in [3.05, 3.63) is 10.6 Å². The van der Waals surface area contributed by atoms with E-state index < -0.39 is 0 Å². The molecule has 0 atom stereocenters. The van der Waals surface area contributed by atoms with Crippen molar-refractivity contribution in [1.29, 1.82) is 0 Å². The van der Waals surface area contributed by atoms with Crippen LogP contribution in [0, 0.1) is 6.92 Å². The Labute approximate surface area is 77.0 Å². The van der Waals surface area contributed by atoms with Gasteiger partial charge in [0.15, 0.2) is 5.13 Å². The minimum Gasteiger partial charge on any atom is -0.359 e. The molecule has 0 amide bonds. The largest absolute Gasteiger partial charge is 0.359 e. The van der Waals surface area contributed by atoms with Gasteiger partial charge in [0.1, 0.15) is 0 Å². The lowest BCUT2D eigenvalue weighted by Gasteiger charge is -1.95. The van der Waals surface area contributed by atoms with Gasteiger partial charge in [-0.1, -0.05) is 6.92 Å². The Morgan fingerprint density at radius 3 is 2.83 bits per heavy atom. The van der Waals surface area contributed by atoms with Gasteiger partial charge in [-0.3, -0.25) is 0 Å².